The fourth-order valence-corrected chi connectivity index (χ4v) is 3.36. The molecule has 0 bridgehead atoms. The van der Waals surface area contributed by atoms with E-state index in [9.17, 15) is 4.79 Å². The SMILES string of the molecule is COc1cccc(C(=O)C2CCOC3(CCOCC3)C2)c1. The van der Waals surface area contributed by atoms with Crippen LogP contribution in [0.3, 0.4) is 0 Å². The first-order chi connectivity index (χ1) is 10.2. The molecule has 0 amide bonds. The van der Waals surface area contributed by atoms with Crippen molar-refractivity contribution in [2.24, 2.45) is 5.92 Å². The van der Waals surface area contributed by atoms with Crippen LogP contribution in [0, 0.1) is 5.92 Å². The molecule has 2 saturated heterocycles. The summed E-state index contributed by atoms with van der Waals surface area (Å²) in [6, 6.07) is 7.43. The van der Waals surface area contributed by atoms with E-state index in [1.807, 2.05) is 24.3 Å². The third kappa shape index (κ3) is 3.11. The van der Waals surface area contributed by atoms with Gasteiger partial charge in [-0.25, -0.2) is 0 Å². The summed E-state index contributed by atoms with van der Waals surface area (Å²) in [6.45, 7) is 2.14. The van der Waals surface area contributed by atoms with Crippen molar-refractivity contribution in [3.05, 3.63) is 29.8 Å². The Morgan fingerprint density at radius 1 is 1.29 bits per heavy atom. The van der Waals surface area contributed by atoms with Gasteiger partial charge in [-0.1, -0.05) is 12.1 Å². The van der Waals surface area contributed by atoms with Gasteiger partial charge in [0.05, 0.1) is 12.7 Å². The molecular formula is C17H22O4. The predicted molar refractivity (Wildman–Crippen MR) is 78.8 cm³/mol. The van der Waals surface area contributed by atoms with Crippen LogP contribution in [0.1, 0.15) is 36.0 Å². The molecule has 4 heteroatoms. The lowest BCUT2D eigenvalue weighted by atomic mass is 9.78. The van der Waals surface area contributed by atoms with Gasteiger partial charge in [0.2, 0.25) is 0 Å². The topological polar surface area (TPSA) is 44.8 Å². The molecule has 0 aromatic heterocycles. The first kappa shape index (κ1) is 14.5. The van der Waals surface area contributed by atoms with E-state index in [-0.39, 0.29) is 17.3 Å². The Morgan fingerprint density at radius 3 is 2.86 bits per heavy atom. The number of carbonyl (C=O) groups excluding carboxylic acids is 1. The van der Waals surface area contributed by atoms with Crippen LogP contribution in [0.4, 0.5) is 0 Å². The zero-order chi connectivity index (χ0) is 14.7. The largest absolute Gasteiger partial charge is 0.497 e. The fourth-order valence-electron chi connectivity index (χ4n) is 3.36. The van der Waals surface area contributed by atoms with Crippen LogP contribution in [0.15, 0.2) is 24.3 Å². The molecule has 1 spiro atoms. The minimum atomic E-state index is -0.143. The summed E-state index contributed by atoms with van der Waals surface area (Å²) in [5, 5.41) is 0. The van der Waals surface area contributed by atoms with Crippen molar-refractivity contribution in [3.63, 3.8) is 0 Å². The Labute approximate surface area is 125 Å². The lowest BCUT2D eigenvalue weighted by Gasteiger charge is -2.42. The minimum absolute atomic E-state index is 0.0453. The Hall–Kier alpha value is -1.39. The molecule has 2 aliphatic heterocycles. The lowest BCUT2D eigenvalue weighted by molar-refractivity contribution is -0.142. The second-order valence-corrected chi connectivity index (χ2v) is 5.93. The van der Waals surface area contributed by atoms with Crippen LogP contribution in [-0.4, -0.2) is 38.3 Å². The van der Waals surface area contributed by atoms with Crippen LogP contribution in [0.2, 0.25) is 0 Å². The van der Waals surface area contributed by atoms with Crippen molar-refractivity contribution in [1.82, 2.24) is 0 Å². The zero-order valence-corrected chi connectivity index (χ0v) is 12.5. The van der Waals surface area contributed by atoms with E-state index in [4.69, 9.17) is 14.2 Å². The van der Waals surface area contributed by atoms with Crippen molar-refractivity contribution >= 4 is 5.78 Å². The van der Waals surface area contributed by atoms with Crippen molar-refractivity contribution in [3.8, 4) is 5.75 Å². The van der Waals surface area contributed by atoms with Crippen molar-refractivity contribution < 1.29 is 19.0 Å². The maximum atomic E-state index is 12.8. The van der Waals surface area contributed by atoms with Crippen LogP contribution in [0.25, 0.3) is 0 Å². The summed E-state index contributed by atoms with van der Waals surface area (Å²) in [5.74, 6) is 0.987. The first-order valence-electron chi connectivity index (χ1n) is 7.62. The quantitative estimate of drug-likeness (QED) is 0.803. The molecule has 0 saturated carbocycles. The molecule has 1 atom stereocenters. The number of ether oxygens (including phenoxy) is 3. The van der Waals surface area contributed by atoms with Gasteiger partial charge in [0, 0.05) is 31.3 Å². The van der Waals surface area contributed by atoms with Gasteiger partial charge in [-0.3, -0.25) is 4.79 Å². The Kier molecular flexibility index (Phi) is 4.27. The average Bonchev–Trinajstić information content (AvgIpc) is 2.55. The van der Waals surface area contributed by atoms with Crippen molar-refractivity contribution in [1.29, 1.82) is 0 Å². The molecule has 21 heavy (non-hydrogen) atoms. The summed E-state index contributed by atoms with van der Waals surface area (Å²) in [5.41, 5.74) is 0.596. The molecule has 2 heterocycles. The molecule has 2 fully saturated rings. The second kappa shape index (κ2) is 6.16. The van der Waals surface area contributed by atoms with Gasteiger partial charge in [0.1, 0.15) is 5.75 Å². The Bertz CT molecular complexity index is 500. The lowest BCUT2D eigenvalue weighted by Crippen LogP contribution is -2.45. The summed E-state index contributed by atoms with van der Waals surface area (Å²) < 4.78 is 16.6. The number of methoxy groups -OCH3 is 1. The summed E-state index contributed by atoms with van der Waals surface area (Å²) in [7, 11) is 1.62. The highest BCUT2D eigenvalue weighted by Gasteiger charge is 2.41. The number of rotatable bonds is 3. The number of hydrogen-bond acceptors (Lipinski definition) is 4. The monoisotopic (exact) mass is 290 g/mol. The van der Waals surface area contributed by atoms with Crippen molar-refractivity contribution in [2.45, 2.75) is 31.3 Å². The molecule has 3 rings (SSSR count). The van der Waals surface area contributed by atoms with E-state index in [0.29, 0.717) is 6.61 Å². The molecule has 114 valence electrons. The van der Waals surface area contributed by atoms with Crippen LogP contribution in [-0.2, 0) is 9.47 Å². The van der Waals surface area contributed by atoms with E-state index >= 15 is 0 Å². The van der Waals surface area contributed by atoms with Gasteiger partial charge in [0.15, 0.2) is 5.78 Å². The summed E-state index contributed by atoms with van der Waals surface area (Å²) >= 11 is 0. The average molecular weight is 290 g/mol. The highest BCUT2D eigenvalue weighted by molar-refractivity contribution is 5.98. The van der Waals surface area contributed by atoms with Gasteiger partial charge >= 0.3 is 0 Å². The molecule has 1 unspecified atom stereocenters. The summed E-state index contributed by atoms with van der Waals surface area (Å²) in [6.07, 6.45) is 3.41. The smallest absolute Gasteiger partial charge is 0.166 e. The van der Waals surface area contributed by atoms with Gasteiger partial charge in [-0.15, -0.1) is 0 Å². The zero-order valence-electron chi connectivity index (χ0n) is 12.5. The Balaban J connectivity index is 1.74. The van der Waals surface area contributed by atoms with Gasteiger partial charge in [0.25, 0.3) is 0 Å². The van der Waals surface area contributed by atoms with E-state index < -0.39 is 0 Å². The molecular weight excluding hydrogens is 268 g/mol. The number of ketones is 1. The molecule has 0 aliphatic carbocycles. The van der Waals surface area contributed by atoms with Crippen LogP contribution >= 0.6 is 0 Å². The molecule has 0 N–H and O–H groups in total. The highest BCUT2D eigenvalue weighted by Crippen LogP contribution is 2.38. The number of carbonyl (C=O) groups is 1. The standard InChI is InChI=1S/C17H22O4/c1-19-15-4-2-3-13(11-15)16(18)14-5-8-21-17(12-14)6-9-20-10-7-17/h2-4,11,14H,5-10,12H2,1H3. The van der Waals surface area contributed by atoms with Crippen molar-refractivity contribution in [2.75, 3.05) is 26.9 Å². The molecule has 2 aliphatic rings. The van der Waals surface area contributed by atoms with Crippen LogP contribution in [0.5, 0.6) is 5.75 Å². The molecule has 1 aromatic rings. The fraction of sp³-hybridized carbons (Fsp3) is 0.588. The van der Waals surface area contributed by atoms with Crippen LogP contribution < -0.4 is 4.74 Å². The molecule has 0 radical (unpaired) electrons. The Morgan fingerprint density at radius 2 is 2.10 bits per heavy atom. The number of hydrogen-bond donors (Lipinski definition) is 0. The highest BCUT2D eigenvalue weighted by atomic mass is 16.5. The number of benzene rings is 1. The second-order valence-electron chi connectivity index (χ2n) is 5.93. The van der Waals surface area contributed by atoms with E-state index in [1.165, 1.54) is 0 Å². The normalized spacial score (nSPS) is 24.7. The number of Topliss-reactive ketones (excluding diaryl/α,β-unsaturated/α-hetero) is 1. The van der Waals surface area contributed by atoms with E-state index in [2.05, 4.69) is 0 Å². The first-order valence-corrected chi connectivity index (χ1v) is 7.62. The van der Waals surface area contributed by atoms with Gasteiger partial charge in [-0.05, 0) is 37.8 Å². The van der Waals surface area contributed by atoms with E-state index in [0.717, 1.165) is 50.2 Å². The van der Waals surface area contributed by atoms with Gasteiger partial charge < -0.3 is 14.2 Å². The third-order valence-corrected chi connectivity index (χ3v) is 4.62. The minimum Gasteiger partial charge on any atom is -0.497 e. The molecule has 1 aromatic carbocycles. The predicted octanol–water partition coefficient (Wildman–Crippen LogP) is 2.85. The van der Waals surface area contributed by atoms with E-state index in [1.54, 1.807) is 7.11 Å². The van der Waals surface area contributed by atoms with Gasteiger partial charge in [-0.2, -0.15) is 0 Å². The third-order valence-electron chi connectivity index (χ3n) is 4.62. The maximum absolute atomic E-state index is 12.8. The maximum Gasteiger partial charge on any atom is 0.166 e. The summed E-state index contributed by atoms with van der Waals surface area (Å²) in [4.78, 5) is 12.8. The molecule has 4 nitrogen and oxygen atoms in total.